The lowest BCUT2D eigenvalue weighted by atomic mass is 9.86. The van der Waals surface area contributed by atoms with Gasteiger partial charge in [-0.25, -0.2) is 0 Å². The van der Waals surface area contributed by atoms with Gasteiger partial charge >= 0.3 is 0 Å². The first kappa shape index (κ1) is 13.0. The average molecular weight is 271 g/mol. The van der Waals surface area contributed by atoms with Crippen LogP contribution in [-0.2, 0) is 0 Å². The Morgan fingerprint density at radius 2 is 1.95 bits per heavy atom. The second-order valence-corrected chi connectivity index (χ2v) is 5.66. The van der Waals surface area contributed by atoms with Crippen molar-refractivity contribution >= 4 is 11.4 Å². The molecular weight excluding hydrogens is 250 g/mol. The number of hydrogen-bond donors (Lipinski definition) is 2. The Balaban J connectivity index is 1.89. The molecule has 1 aromatic heterocycles. The van der Waals surface area contributed by atoms with Gasteiger partial charge in [0.05, 0.1) is 11.4 Å². The van der Waals surface area contributed by atoms with Gasteiger partial charge in [0.25, 0.3) is 0 Å². The van der Waals surface area contributed by atoms with Gasteiger partial charge in [-0.1, -0.05) is 19.8 Å². The number of nitrogens with one attached hydrogen (secondary N) is 1. The highest BCUT2D eigenvalue weighted by molar-refractivity contribution is 5.66. The van der Waals surface area contributed by atoms with Gasteiger partial charge in [-0.3, -0.25) is 4.57 Å². The lowest BCUT2D eigenvalue weighted by molar-refractivity contribution is 0.349. The standard InChI is InChI=1S/C15H21N5/c1-11-4-2-3-5-13(11)19-14-7-6-12(16)8-15(14)20-9-17-18-10-20/h6-11,13,19H,2-5,16H2,1H3/t11-,13+/m1/s1. The maximum Gasteiger partial charge on any atom is 0.123 e. The van der Waals surface area contributed by atoms with Crippen LogP contribution < -0.4 is 11.1 Å². The van der Waals surface area contributed by atoms with Crippen LogP contribution in [-0.4, -0.2) is 20.8 Å². The van der Waals surface area contributed by atoms with Crippen LogP contribution >= 0.6 is 0 Å². The Hall–Kier alpha value is -2.04. The lowest BCUT2D eigenvalue weighted by Crippen LogP contribution is -2.30. The summed E-state index contributed by atoms with van der Waals surface area (Å²) in [5, 5.41) is 11.4. The lowest BCUT2D eigenvalue weighted by Gasteiger charge is -2.31. The van der Waals surface area contributed by atoms with Crippen molar-refractivity contribution < 1.29 is 0 Å². The van der Waals surface area contributed by atoms with E-state index < -0.39 is 0 Å². The summed E-state index contributed by atoms with van der Waals surface area (Å²) >= 11 is 0. The molecule has 2 aromatic rings. The monoisotopic (exact) mass is 271 g/mol. The van der Waals surface area contributed by atoms with Gasteiger partial charge in [-0.2, -0.15) is 0 Å². The van der Waals surface area contributed by atoms with E-state index in [0.29, 0.717) is 12.0 Å². The van der Waals surface area contributed by atoms with E-state index in [1.165, 1.54) is 25.7 Å². The van der Waals surface area contributed by atoms with Crippen LogP contribution in [0.2, 0.25) is 0 Å². The van der Waals surface area contributed by atoms with Crippen LogP contribution in [0.5, 0.6) is 0 Å². The van der Waals surface area contributed by atoms with Crippen molar-refractivity contribution in [3.8, 4) is 5.69 Å². The summed E-state index contributed by atoms with van der Waals surface area (Å²) < 4.78 is 1.90. The molecule has 1 aromatic carbocycles. The Morgan fingerprint density at radius 3 is 2.70 bits per heavy atom. The van der Waals surface area contributed by atoms with Crippen molar-refractivity contribution in [2.75, 3.05) is 11.1 Å². The first-order chi connectivity index (χ1) is 9.74. The van der Waals surface area contributed by atoms with E-state index in [4.69, 9.17) is 5.73 Å². The Bertz CT molecular complexity index is 564. The quantitative estimate of drug-likeness (QED) is 0.842. The molecule has 0 aliphatic heterocycles. The molecule has 1 fully saturated rings. The maximum absolute atomic E-state index is 5.91. The molecule has 3 rings (SSSR count). The number of nitrogens with zero attached hydrogens (tertiary/aromatic N) is 3. The molecule has 2 atom stereocenters. The Labute approximate surface area is 119 Å². The van der Waals surface area contributed by atoms with Crippen molar-refractivity contribution in [1.82, 2.24) is 14.8 Å². The fourth-order valence-corrected chi connectivity index (χ4v) is 2.94. The molecular formula is C15H21N5. The predicted molar refractivity (Wildman–Crippen MR) is 80.8 cm³/mol. The second kappa shape index (κ2) is 5.53. The van der Waals surface area contributed by atoms with E-state index >= 15 is 0 Å². The van der Waals surface area contributed by atoms with E-state index in [9.17, 15) is 0 Å². The average Bonchev–Trinajstić information content (AvgIpc) is 2.97. The van der Waals surface area contributed by atoms with Crippen LogP contribution in [0.3, 0.4) is 0 Å². The summed E-state index contributed by atoms with van der Waals surface area (Å²) in [4.78, 5) is 0. The van der Waals surface area contributed by atoms with Crippen LogP contribution in [0, 0.1) is 5.92 Å². The molecule has 106 valence electrons. The highest BCUT2D eigenvalue weighted by atomic mass is 15.2. The largest absolute Gasteiger partial charge is 0.399 e. The number of benzene rings is 1. The highest BCUT2D eigenvalue weighted by Gasteiger charge is 2.22. The number of hydrogen-bond acceptors (Lipinski definition) is 4. The molecule has 5 heteroatoms. The summed E-state index contributed by atoms with van der Waals surface area (Å²) in [6.45, 7) is 2.33. The second-order valence-electron chi connectivity index (χ2n) is 5.66. The van der Waals surface area contributed by atoms with Gasteiger partial charge in [0, 0.05) is 11.7 Å². The zero-order valence-electron chi connectivity index (χ0n) is 11.8. The number of aromatic nitrogens is 3. The molecule has 3 N–H and O–H groups in total. The van der Waals surface area contributed by atoms with Crippen LogP contribution in [0.25, 0.3) is 5.69 Å². The molecule has 5 nitrogen and oxygen atoms in total. The number of nitrogens with two attached hydrogens (primary N) is 1. The fourth-order valence-electron chi connectivity index (χ4n) is 2.94. The van der Waals surface area contributed by atoms with Crippen LogP contribution in [0.4, 0.5) is 11.4 Å². The van der Waals surface area contributed by atoms with E-state index in [1.807, 2.05) is 22.8 Å². The molecule has 0 spiro atoms. The zero-order chi connectivity index (χ0) is 13.9. The minimum absolute atomic E-state index is 0.530. The summed E-state index contributed by atoms with van der Waals surface area (Å²) in [5.74, 6) is 0.704. The summed E-state index contributed by atoms with van der Waals surface area (Å²) in [7, 11) is 0. The van der Waals surface area contributed by atoms with Crippen LogP contribution in [0.15, 0.2) is 30.9 Å². The van der Waals surface area contributed by atoms with Gasteiger partial charge in [0.1, 0.15) is 12.7 Å². The van der Waals surface area contributed by atoms with Crippen LogP contribution in [0.1, 0.15) is 32.6 Å². The van der Waals surface area contributed by atoms with Gasteiger partial charge in [-0.05, 0) is 37.0 Å². The van der Waals surface area contributed by atoms with E-state index in [1.54, 1.807) is 12.7 Å². The van der Waals surface area contributed by atoms with Crippen molar-refractivity contribution in [3.05, 3.63) is 30.9 Å². The smallest absolute Gasteiger partial charge is 0.123 e. The minimum atomic E-state index is 0.530. The van der Waals surface area contributed by atoms with Crippen molar-refractivity contribution in [1.29, 1.82) is 0 Å². The first-order valence-electron chi connectivity index (χ1n) is 7.25. The SMILES string of the molecule is C[C@@H]1CCCC[C@@H]1Nc1ccc(N)cc1-n1cnnc1. The van der Waals surface area contributed by atoms with Gasteiger partial charge in [0.2, 0.25) is 0 Å². The molecule has 0 bridgehead atoms. The molecule has 1 aliphatic rings. The fraction of sp³-hybridized carbons (Fsp3) is 0.467. The van der Waals surface area contributed by atoms with E-state index in [-0.39, 0.29) is 0 Å². The van der Waals surface area contributed by atoms with E-state index in [0.717, 1.165) is 17.1 Å². The molecule has 1 aliphatic carbocycles. The molecule has 1 heterocycles. The number of anilines is 2. The summed E-state index contributed by atoms with van der Waals surface area (Å²) in [6.07, 6.45) is 8.58. The third-order valence-electron chi connectivity index (χ3n) is 4.17. The van der Waals surface area contributed by atoms with Crippen molar-refractivity contribution in [2.45, 2.75) is 38.6 Å². The molecule has 0 radical (unpaired) electrons. The van der Waals surface area contributed by atoms with Gasteiger partial charge in [0.15, 0.2) is 0 Å². The van der Waals surface area contributed by atoms with Crippen molar-refractivity contribution in [2.24, 2.45) is 5.92 Å². The summed E-state index contributed by atoms with van der Waals surface area (Å²) in [6, 6.07) is 6.47. The summed E-state index contributed by atoms with van der Waals surface area (Å²) in [5.41, 5.74) is 8.76. The Morgan fingerprint density at radius 1 is 1.20 bits per heavy atom. The van der Waals surface area contributed by atoms with Gasteiger partial charge in [-0.15, -0.1) is 10.2 Å². The Kier molecular flexibility index (Phi) is 3.58. The molecule has 0 unspecified atom stereocenters. The predicted octanol–water partition coefficient (Wildman–Crippen LogP) is 2.84. The van der Waals surface area contributed by atoms with Crippen molar-refractivity contribution in [3.63, 3.8) is 0 Å². The maximum atomic E-state index is 5.91. The van der Waals surface area contributed by atoms with E-state index in [2.05, 4.69) is 22.4 Å². The third kappa shape index (κ3) is 2.61. The molecule has 0 saturated heterocycles. The topological polar surface area (TPSA) is 68.8 Å². The minimum Gasteiger partial charge on any atom is -0.399 e. The first-order valence-corrected chi connectivity index (χ1v) is 7.25. The third-order valence-corrected chi connectivity index (χ3v) is 4.17. The molecule has 20 heavy (non-hydrogen) atoms. The number of nitrogen functional groups attached to an aromatic ring is 1. The zero-order valence-corrected chi connectivity index (χ0v) is 11.8. The normalized spacial score (nSPS) is 22.6. The highest BCUT2D eigenvalue weighted by Crippen LogP contribution is 2.30. The molecule has 1 saturated carbocycles. The van der Waals surface area contributed by atoms with Gasteiger partial charge < -0.3 is 11.1 Å². The molecule has 0 amide bonds. The number of rotatable bonds is 3.